The van der Waals surface area contributed by atoms with Crippen LogP contribution in [0.15, 0.2) is 24.3 Å². The van der Waals surface area contributed by atoms with Crippen molar-refractivity contribution in [1.82, 2.24) is 0 Å². The standard InChI is InChI=1S/C8H9OP/c1-7-4-2-3-5-8(7)10-6-9/h2-6,9H,1H3/p-1. The van der Waals surface area contributed by atoms with Crippen molar-refractivity contribution in [2.24, 2.45) is 0 Å². The van der Waals surface area contributed by atoms with E-state index >= 15 is 0 Å². The summed E-state index contributed by atoms with van der Waals surface area (Å²) in [6, 6.07) is 7.88. The lowest BCUT2D eigenvalue weighted by Gasteiger charge is -1.97. The highest BCUT2D eigenvalue weighted by atomic mass is 31.1. The Kier molecular flexibility index (Phi) is 2.61. The van der Waals surface area contributed by atoms with Gasteiger partial charge >= 0.3 is 0 Å². The topological polar surface area (TPSA) is 23.1 Å². The predicted molar refractivity (Wildman–Crippen MR) is 43.8 cm³/mol. The predicted octanol–water partition coefficient (Wildman–Crippen LogP) is 0.687. The summed E-state index contributed by atoms with van der Waals surface area (Å²) in [6.45, 7) is 2.01. The molecule has 0 fully saturated rings. The van der Waals surface area contributed by atoms with E-state index < -0.39 is 0 Å². The second-order valence-electron chi connectivity index (χ2n) is 2.02. The zero-order chi connectivity index (χ0) is 7.40. The fraction of sp³-hybridized carbons (Fsp3) is 0.125. The zero-order valence-corrected chi connectivity index (χ0v) is 6.64. The molecule has 0 radical (unpaired) electrons. The van der Waals surface area contributed by atoms with E-state index in [0.29, 0.717) is 0 Å². The monoisotopic (exact) mass is 151 g/mol. The van der Waals surface area contributed by atoms with Crippen molar-refractivity contribution in [3.05, 3.63) is 29.8 Å². The third-order valence-electron chi connectivity index (χ3n) is 1.31. The molecule has 0 N–H and O–H groups in total. The zero-order valence-electron chi connectivity index (χ0n) is 5.74. The summed E-state index contributed by atoms with van der Waals surface area (Å²) in [5.74, 6) is 0.905. The van der Waals surface area contributed by atoms with Crippen LogP contribution in [0, 0.1) is 6.92 Å². The van der Waals surface area contributed by atoms with Gasteiger partial charge in [-0.05, 0) is 12.5 Å². The van der Waals surface area contributed by atoms with Crippen LogP contribution < -0.4 is 10.4 Å². The molecule has 1 aromatic carbocycles. The number of benzene rings is 1. The molecule has 2 heteroatoms. The fourth-order valence-corrected chi connectivity index (χ4v) is 1.33. The van der Waals surface area contributed by atoms with Gasteiger partial charge in [0.15, 0.2) is 0 Å². The molecule has 0 aliphatic carbocycles. The van der Waals surface area contributed by atoms with Crippen LogP contribution in [-0.2, 0) is 0 Å². The number of aryl methyl sites for hydroxylation is 1. The van der Waals surface area contributed by atoms with Crippen molar-refractivity contribution >= 4 is 19.5 Å². The van der Waals surface area contributed by atoms with Crippen LogP contribution in [0.4, 0.5) is 0 Å². The van der Waals surface area contributed by atoms with Crippen molar-refractivity contribution in [3.63, 3.8) is 0 Å². The highest BCUT2D eigenvalue weighted by Crippen LogP contribution is 2.00. The molecule has 0 spiro atoms. The Morgan fingerprint density at radius 1 is 1.40 bits per heavy atom. The molecule has 0 atom stereocenters. The van der Waals surface area contributed by atoms with Crippen molar-refractivity contribution in [2.45, 2.75) is 6.92 Å². The Labute approximate surface area is 62.1 Å². The average Bonchev–Trinajstić information content (AvgIpc) is 1.94. The van der Waals surface area contributed by atoms with Crippen LogP contribution in [0.5, 0.6) is 0 Å². The lowest BCUT2D eigenvalue weighted by atomic mass is 10.2. The summed E-state index contributed by atoms with van der Waals surface area (Å²) in [6.07, 6.45) is 0. The van der Waals surface area contributed by atoms with Gasteiger partial charge in [0.2, 0.25) is 0 Å². The van der Waals surface area contributed by atoms with Gasteiger partial charge in [0.05, 0.1) is 0 Å². The van der Waals surface area contributed by atoms with Gasteiger partial charge in [-0.1, -0.05) is 32.5 Å². The molecule has 1 rings (SSSR count). The summed E-state index contributed by atoms with van der Waals surface area (Å²) < 4.78 is 0. The fourth-order valence-electron chi connectivity index (χ4n) is 0.765. The SMILES string of the molecule is Cc1ccccc1P=C[O-]. The summed E-state index contributed by atoms with van der Waals surface area (Å²) in [5.41, 5.74) is 1.18. The first kappa shape index (κ1) is 7.46. The van der Waals surface area contributed by atoms with E-state index in [2.05, 4.69) is 0 Å². The van der Waals surface area contributed by atoms with Crippen molar-refractivity contribution in [1.29, 1.82) is 0 Å². The van der Waals surface area contributed by atoms with E-state index in [1.807, 2.05) is 31.2 Å². The Bertz CT molecular complexity index is 243. The first-order valence-electron chi connectivity index (χ1n) is 3.04. The Morgan fingerprint density at radius 2 is 2.10 bits per heavy atom. The number of rotatable bonds is 1. The van der Waals surface area contributed by atoms with Gasteiger partial charge in [-0.15, -0.1) is 0 Å². The molecule has 1 aromatic rings. The Morgan fingerprint density at radius 3 is 2.70 bits per heavy atom. The molecule has 0 unspecified atom stereocenters. The minimum absolute atomic E-state index is 0.763. The van der Waals surface area contributed by atoms with Crippen LogP contribution in [0.1, 0.15) is 5.56 Å². The normalized spacial score (nSPS) is 10.6. The first-order valence-corrected chi connectivity index (χ1v) is 4.01. The number of hydrogen-bond donors (Lipinski definition) is 0. The molecular formula is C8H8OP-. The van der Waals surface area contributed by atoms with E-state index in [4.69, 9.17) is 0 Å². The Balaban J connectivity index is 3.03. The lowest BCUT2D eigenvalue weighted by Crippen LogP contribution is -2.00. The van der Waals surface area contributed by atoms with Gasteiger partial charge in [-0.25, -0.2) is 0 Å². The maximum Gasteiger partial charge on any atom is 0.00315 e. The molecule has 0 saturated heterocycles. The maximum absolute atomic E-state index is 10.1. The molecular weight excluding hydrogens is 143 g/mol. The molecule has 0 bridgehead atoms. The summed E-state index contributed by atoms with van der Waals surface area (Å²) >= 11 is 0. The first-order chi connectivity index (χ1) is 4.84. The number of hydrogen-bond acceptors (Lipinski definition) is 1. The molecule has 0 aliphatic heterocycles. The van der Waals surface area contributed by atoms with E-state index in [9.17, 15) is 5.11 Å². The van der Waals surface area contributed by atoms with Gasteiger partial charge in [0.1, 0.15) is 0 Å². The second-order valence-corrected chi connectivity index (χ2v) is 2.97. The average molecular weight is 151 g/mol. The van der Waals surface area contributed by atoms with E-state index in [0.717, 1.165) is 19.5 Å². The largest absolute Gasteiger partial charge is 0.830 e. The van der Waals surface area contributed by atoms with Crippen LogP contribution >= 0.6 is 8.20 Å². The highest BCUT2D eigenvalue weighted by Gasteiger charge is 1.87. The molecule has 1 nitrogen and oxygen atoms in total. The van der Waals surface area contributed by atoms with E-state index in [1.54, 1.807) is 0 Å². The maximum atomic E-state index is 10.1. The summed E-state index contributed by atoms with van der Waals surface area (Å²) in [7, 11) is 0.763. The van der Waals surface area contributed by atoms with Crippen LogP contribution in [0.3, 0.4) is 0 Å². The van der Waals surface area contributed by atoms with Gasteiger partial charge in [-0.3, -0.25) is 0 Å². The summed E-state index contributed by atoms with van der Waals surface area (Å²) in [5, 5.41) is 11.2. The van der Waals surface area contributed by atoms with Crippen LogP contribution in [0.25, 0.3) is 0 Å². The van der Waals surface area contributed by atoms with E-state index in [1.165, 1.54) is 5.56 Å². The van der Waals surface area contributed by atoms with Gasteiger partial charge in [0, 0.05) is 5.30 Å². The van der Waals surface area contributed by atoms with Gasteiger partial charge < -0.3 is 5.11 Å². The minimum atomic E-state index is 0.763. The van der Waals surface area contributed by atoms with E-state index in [-0.39, 0.29) is 0 Å². The lowest BCUT2D eigenvalue weighted by molar-refractivity contribution is -0.195. The van der Waals surface area contributed by atoms with Crippen LogP contribution in [-0.4, -0.2) is 5.98 Å². The van der Waals surface area contributed by atoms with Gasteiger partial charge in [0.25, 0.3) is 0 Å². The molecule has 0 aliphatic rings. The van der Waals surface area contributed by atoms with Crippen molar-refractivity contribution in [2.75, 3.05) is 0 Å². The van der Waals surface area contributed by atoms with Gasteiger partial charge in [-0.2, -0.15) is 5.98 Å². The Hall–Kier alpha value is -0.650. The molecule has 52 valence electrons. The third kappa shape index (κ3) is 1.66. The molecule has 0 aromatic heterocycles. The molecule has 0 amide bonds. The summed E-state index contributed by atoms with van der Waals surface area (Å²) in [4.78, 5) is 0. The quantitative estimate of drug-likeness (QED) is 0.541. The second kappa shape index (κ2) is 3.50. The smallest absolute Gasteiger partial charge is 0.00315 e. The highest BCUT2D eigenvalue weighted by molar-refractivity contribution is 7.46. The molecule has 0 saturated carbocycles. The molecule has 0 heterocycles. The van der Waals surface area contributed by atoms with Crippen molar-refractivity contribution in [3.8, 4) is 0 Å². The molecule has 10 heavy (non-hydrogen) atoms. The minimum Gasteiger partial charge on any atom is -0.830 e. The third-order valence-corrected chi connectivity index (χ3v) is 2.19. The van der Waals surface area contributed by atoms with Crippen molar-refractivity contribution < 1.29 is 5.11 Å². The van der Waals surface area contributed by atoms with Crippen LogP contribution in [0.2, 0.25) is 0 Å².